The Morgan fingerprint density at radius 2 is 2.04 bits per heavy atom. The molecule has 1 aromatic rings. The van der Waals surface area contributed by atoms with E-state index >= 15 is 0 Å². The van der Waals surface area contributed by atoms with Crippen molar-refractivity contribution in [3.63, 3.8) is 0 Å². The summed E-state index contributed by atoms with van der Waals surface area (Å²) in [7, 11) is 0. The molecule has 0 aliphatic carbocycles. The van der Waals surface area contributed by atoms with Gasteiger partial charge in [0, 0.05) is 24.4 Å². The number of hydrogen-bond donors (Lipinski definition) is 3. The number of carbonyl (C=O) groups is 1. The number of benzene rings is 1. The maximum Gasteiger partial charge on any atom is 0.254 e. The zero-order valence-corrected chi connectivity index (χ0v) is 15.7. The topological polar surface area (TPSA) is 65.5 Å². The predicted molar refractivity (Wildman–Crippen MR) is 103 cm³/mol. The number of amides is 1. The van der Waals surface area contributed by atoms with Gasteiger partial charge in [-0.2, -0.15) is 11.8 Å². The van der Waals surface area contributed by atoms with Crippen molar-refractivity contribution >= 4 is 23.6 Å². The first-order valence-electron chi connectivity index (χ1n) is 8.73. The normalized spacial score (nSPS) is 20.4. The monoisotopic (exact) mass is 366 g/mol. The molecule has 0 aromatic heterocycles. The minimum Gasteiger partial charge on any atom is -0.357 e. The molecule has 1 aliphatic rings. The standard InChI is InChI=1S/C18H27FN4OS/c1-3-20-17(23-13-18(2)9-6-12-25-18)22-11-10-21-16(24)14-7-4-5-8-15(14)19/h4-5,7-8H,3,6,9-13H2,1-2H3,(H,21,24)(H2,20,22,23). The van der Waals surface area contributed by atoms with E-state index in [1.807, 2.05) is 18.7 Å². The number of hydrogen-bond acceptors (Lipinski definition) is 3. The lowest BCUT2D eigenvalue weighted by molar-refractivity contribution is 0.0950. The number of carbonyl (C=O) groups excluding carboxylic acids is 1. The Balaban J connectivity index is 1.77. The molecule has 2 rings (SSSR count). The molecule has 7 heteroatoms. The molecule has 25 heavy (non-hydrogen) atoms. The van der Waals surface area contributed by atoms with Gasteiger partial charge in [-0.15, -0.1) is 0 Å². The minimum atomic E-state index is -0.509. The number of nitrogens with zero attached hydrogens (tertiary/aromatic N) is 1. The summed E-state index contributed by atoms with van der Waals surface area (Å²) in [5, 5.41) is 9.13. The Labute approximate surface area is 153 Å². The Hall–Kier alpha value is -1.76. The van der Waals surface area contributed by atoms with Crippen LogP contribution in [0.3, 0.4) is 0 Å². The van der Waals surface area contributed by atoms with Crippen molar-refractivity contribution in [3.8, 4) is 0 Å². The van der Waals surface area contributed by atoms with Crippen LogP contribution in [0, 0.1) is 5.82 Å². The fourth-order valence-corrected chi connectivity index (χ4v) is 3.87. The molecular formula is C18H27FN4OS. The first kappa shape index (κ1) is 19.6. The molecule has 0 bridgehead atoms. The van der Waals surface area contributed by atoms with E-state index in [9.17, 15) is 9.18 Å². The summed E-state index contributed by atoms with van der Waals surface area (Å²) in [5.41, 5.74) is 0.0641. The van der Waals surface area contributed by atoms with E-state index in [1.165, 1.54) is 30.7 Å². The Bertz CT molecular complexity index is 602. The van der Waals surface area contributed by atoms with Gasteiger partial charge in [-0.1, -0.05) is 12.1 Å². The van der Waals surface area contributed by atoms with Crippen molar-refractivity contribution in [1.82, 2.24) is 16.0 Å². The van der Waals surface area contributed by atoms with Crippen LogP contribution in [0.25, 0.3) is 0 Å². The average molecular weight is 367 g/mol. The third kappa shape index (κ3) is 6.23. The summed E-state index contributed by atoms with van der Waals surface area (Å²) in [6, 6.07) is 5.97. The molecule has 1 amide bonds. The second kappa shape index (κ2) is 9.65. The number of thioether (sulfide) groups is 1. The number of rotatable bonds is 7. The minimum absolute atomic E-state index is 0.0641. The molecule has 0 spiro atoms. The van der Waals surface area contributed by atoms with Crippen LogP contribution in [0.2, 0.25) is 0 Å². The molecule has 0 saturated carbocycles. The van der Waals surface area contributed by atoms with Crippen molar-refractivity contribution in [2.75, 3.05) is 31.9 Å². The number of nitrogens with one attached hydrogen (secondary N) is 3. The number of aliphatic imine (C=N–C) groups is 1. The first-order valence-corrected chi connectivity index (χ1v) is 9.71. The van der Waals surface area contributed by atoms with E-state index in [0.717, 1.165) is 19.0 Å². The van der Waals surface area contributed by atoms with Crippen LogP contribution in [0.15, 0.2) is 29.3 Å². The summed E-state index contributed by atoms with van der Waals surface area (Å²) in [5.74, 6) is 1.04. The summed E-state index contributed by atoms with van der Waals surface area (Å²) < 4.78 is 13.8. The molecule has 3 N–H and O–H groups in total. The number of halogens is 1. The van der Waals surface area contributed by atoms with E-state index in [0.29, 0.717) is 13.1 Å². The van der Waals surface area contributed by atoms with Crippen molar-refractivity contribution in [2.45, 2.75) is 31.4 Å². The van der Waals surface area contributed by atoms with Gasteiger partial charge < -0.3 is 16.0 Å². The van der Waals surface area contributed by atoms with Crippen LogP contribution in [0.4, 0.5) is 4.39 Å². The average Bonchev–Trinajstić information content (AvgIpc) is 3.03. The van der Waals surface area contributed by atoms with Crippen molar-refractivity contribution in [3.05, 3.63) is 35.6 Å². The fraction of sp³-hybridized carbons (Fsp3) is 0.556. The van der Waals surface area contributed by atoms with Crippen LogP contribution in [0.1, 0.15) is 37.0 Å². The van der Waals surface area contributed by atoms with Gasteiger partial charge >= 0.3 is 0 Å². The molecule has 1 saturated heterocycles. The molecule has 1 heterocycles. The molecule has 1 fully saturated rings. The van der Waals surface area contributed by atoms with Crippen LogP contribution in [0.5, 0.6) is 0 Å². The quantitative estimate of drug-likeness (QED) is 0.394. The van der Waals surface area contributed by atoms with E-state index in [4.69, 9.17) is 0 Å². The summed E-state index contributed by atoms with van der Waals surface area (Å²) in [6.07, 6.45) is 2.45. The fourth-order valence-electron chi connectivity index (χ4n) is 2.65. The zero-order valence-electron chi connectivity index (χ0n) is 14.9. The van der Waals surface area contributed by atoms with Gasteiger partial charge in [0.1, 0.15) is 5.82 Å². The van der Waals surface area contributed by atoms with Crippen LogP contribution in [-0.2, 0) is 0 Å². The lowest BCUT2D eigenvalue weighted by atomic mass is 10.1. The molecule has 1 unspecified atom stereocenters. The Kier molecular flexibility index (Phi) is 7.55. The van der Waals surface area contributed by atoms with Gasteiger partial charge in [-0.3, -0.25) is 9.79 Å². The highest BCUT2D eigenvalue weighted by molar-refractivity contribution is 8.00. The van der Waals surface area contributed by atoms with E-state index < -0.39 is 11.7 Å². The highest BCUT2D eigenvalue weighted by Crippen LogP contribution is 2.37. The highest BCUT2D eigenvalue weighted by atomic mass is 32.2. The van der Waals surface area contributed by atoms with Gasteiger partial charge in [0.25, 0.3) is 5.91 Å². The third-order valence-corrected chi connectivity index (χ3v) is 5.56. The van der Waals surface area contributed by atoms with Gasteiger partial charge in [0.2, 0.25) is 0 Å². The molecule has 1 atom stereocenters. The van der Waals surface area contributed by atoms with Crippen LogP contribution < -0.4 is 16.0 Å². The molecule has 0 radical (unpaired) electrons. The van der Waals surface area contributed by atoms with Gasteiger partial charge in [0.15, 0.2) is 5.96 Å². The maximum atomic E-state index is 13.6. The first-order chi connectivity index (χ1) is 12.0. The lowest BCUT2D eigenvalue weighted by Gasteiger charge is -2.21. The van der Waals surface area contributed by atoms with Gasteiger partial charge in [0.05, 0.1) is 12.1 Å². The largest absolute Gasteiger partial charge is 0.357 e. The van der Waals surface area contributed by atoms with Crippen LogP contribution >= 0.6 is 11.8 Å². The van der Waals surface area contributed by atoms with Crippen molar-refractivity contribution in [2.24, 2.45) is 4.99 Å². The summed E-state index contributed by atoms with van der Waals surface area (Å²) in [4.78, 5) is 16.6. The molecular weight excluding hydrogens is 339 g/mol. The van der Waals surface area contributed by atoms with Gasteiger partial charge in [-0.05, 0) is 44.6 Å². The van der Waals surface area contributed by atoms with E-state index in [-0.39, 0.29) is 10.3 Å². The predicted octanol–water partition coefficient (Wildman–Crippen LogP) is 2.40. The van der Waals surface area contributed by atoms with Crippen molar-refractivity contribution < 1.29 is 9.18 Å². The Morgan fingerprint density at radius 3 is 2.72 bits per heavy atom. The SMILES string of the molecule is CCNC(=NCC1(C)CCCS1)NCCNC(=O)c1ccccc1F. The van der Waals surface area contributed by atoms with E-state index in [2.05, 4.69) is 27.9 Å². The Morgan fingerprint density at radius 1 is 1.28 bits per heavy atom. The molecule has 1 aliphatic heterocycles. The van der Waals surface area contributed by atoms with Crippen molar-refractivity contribution in [1.29, 1.82) is 0 Å². The number of guanidine groups is 1. The summed E-state index contributed by atoms with van der Waals surface area (Å²) >= 11 is 1.98. The summed E-state index contributed by atoms with van der Waals surface area (Å²) in [6.45, 7) is 6.74. The van der Waals surface area contributed by atoms with Gasteiger partial charge in [-0.25, -0.2) is 4.39 Å². The third-order valence-electron chi connectivity index (χ3n) is 4.04. The second-order valence-corrected chi connectivity index (χ2v) is 7.94. The second-order valence-electron chi connectivity index (χ2n) is 6.26. The van der Waals surface area contributed by atoms with Crippen LogP contribution in [-0.4, -0.2) is 48.5 Å². The smallest absolute Gasteiger partial charge is 0.254 e. The molecule has 5 nitrogen and oxygen atoms in total. The lowest BCUT2D eigenvalue weighted by Crippen LogP contribution is -2.42. The van der Waals surface area contributed by atoms with E-state index in [1.54, 1.807) is 12.1 Å². The molecule has 138 valence electrons. The highest BCUT2D eigenvalue weighted by Gasteiger charge is 2.29. The zero-order chi connectivity index (χ0) is 18.1. The maximum absolute atomic E-state index is 13.6. The molecule has 1 aromatic carbocycles.